The number of hydrogen-bond acceptors (Lipinski definition) is 3. The van der Waals surface area contributed by atoms with E-state index in [1.807, 2.05) is 0 Å². The zero-order valence-corrected chi connectivity index (χ0v) is 12.0. The Morgan fingerprint density at radius 2 is 2.00 bits per heavy atom. The molecule has 0 amide bonds. The Labute approximate surface area is 111 Å². The van der Waals surface area contributed by atoms with Crippen LogP contribution >= 0.6 is 0 Å². The van der Waals surface area contributed by atoms with Gasteiger partial charge < -0.3 is 15.3 Å². The van der Waals surface area contributed by atoms with Gasteiger partial charge in [0.2, 0.25) is 0 Å². The summed E-state index contributed by atoms with van der Waals surface area (Å²) in [5.41, 5.74) is -0.784. The highest BCUT2D eigenvalue weighted by Crippen LogP contribution is 2.22. The lowest BCUT2D eigenvalue weighted by atomic mass is 9.93. The van der Waals surface area contributed by atoms with E-state index in [0.717, 1.165) is 13.0 Å². The minimum Gasteiger partial charge on any atom is -0.480 e. The average molecular weight is 256 g/mol. The molecule has 1 aliphatic rings. The summed E-state index contributed by atoms with van der Waals surface area (Å²) in [5.74, 6) is -0.759. The molecule has 0 aromatic rings. The van der Waals surface area contributed by atoms with Crippen LogP contribution in [-0.4, -0.2) is 48.2 Å². The molecule has 1 rings (SSSR count). The van der Waals surface area contributed by atoms with Crippen molar-refractivity contribution < 1.29 is 9.90 Å². The highest BCUT2D eigenvalue weighted by atomic mass is 16.4. The van der Waals surface area contributed by atoms with E-state index < -0.39 is 11.5 Å². The Balaban J connectivity index is 2.29. The van der Waals surface area contributed by atoms with Crippen molar-refractivity contribution >= 4 is 5.97 Å². The molecule has 106 valence electrons. The molecule has 0 bridgehead atoms. The first-order valence-corrected chi connectivity index (χ1v) is 7.12. The predicted octanol–water partition coefficient (Wildman–Crippen LogP) is 2.09. The molecule has 1 aliphatic carbocycles. The zero-order valence-electron chi connectivity index (χ0n) is 12.0. The first-order chi connectivity index (χ1) is 8.49. The molecule has 0 aromatic heterocycles. The summed E-state index contributed by atoms with van der Waals surface area (Å²) in [6.07, 6.45) is 8.28. The summed E-state index contributed by atoms with van der Waals surface area (Å²) < 4.78 is 0. The summed E-state index contributed by atoms with van der Waals surface area (Å²) in [6, 6.07) is 0.712. The molecule has 0 aliphatic heterocycles. The van der Waals surface area contributed by atoms with E-state index in [0.29, 0.717) is 12.5 Å². The molecular weight excluding hydrogens is 228 g/mol. The largest absolute Gasteiger partial charge is 0.480 e. The number of nitrogens with one attached hydrogen (secondary N) is 1. The molecule has 0 aromatic carbocycles. The van der Waals surface area contributed by atoms with E-state index in [4.69, 9.17) is 0 Å². The molecule has 1 atom stereocenters. The van der Waals surface area contributed by atoms with Gasteiger partial charge in [-0.3, -0.25) is 4.79 Å². The second kappa shape index (κ2) is 7.10. The lowest BCUT2D eigenvalue weighted by Gasteiger charge is -2.32. The maximum absolute atomic E-state index is 11.2. The van der Waals surface area contributed by atoms with Crippen molar-refractivity contribution in [2.24, 2.45) is 0 Å². The lowest BCUT2D eigenvalue weighted by Crippen LogP contribution is -2.48. The van der Waals surface area contributed by atoms with E-state index in [9.17, 15) is 9.90 Å². The third kappa shape index (κ3) is 4.25. The number of hydrogen-bond donors (Lipinski definition) is 2. The van der Waals surface area contributed by atoms with Crippen LogP contribution < -0.4 is 5.32 Å². The van der Waals surface area contributed by atoms with Crippen LogP contribution in [0.2, 0.25) is 0 Å². The molecule has 0 radical (unpaired) electrons. The van der Waals surface area contributed by atoms with Crippen LogP contribution in [0.4, 0.5) is 0 Å². The summed E-state index contributed by atoms with van der Waals surface area (Å²) >= 11 is 0. The van der Waals surface area contributed by atoms with E-state index in [-0.39, 0.29) is 0 Å². The van der Waals surface area contributed by atoms with Crippen LogP contribution in [0, 0.1) is 0 Å². The van der Waals surface area contributed by atoms with Gasteiger partial charge in [0.05, 0.1) is 0 Å². The van der Waals surface area contributed by atoms with Crippen molar-refractivity contribution in [1.82, 2.24) is 10.2 Å². The maximum atomic E-state index is 11.2. The van der Waals surface area contributed by atoms with Crippen LogP contribution in [-0.2, 0) is 4.79 Å². The third-order valence-corrected chi connectivity index (χ3v) is 4.41. The summed E-state index contributed by atoms with van der Waals surface area (Å²) in [5, 5.41) is 12.1. The second-order valence-corrected chi connectivity index (χ2v) is 5.76. The fourth-order valence-electron chi connectivity index (χ4n) is 2.73. The van der Waals surface area contributed by atoms with Gasteiger partial charge in [0.25, 0.3) is 0 Å². The van der Waals surface area contributed by atoms with Crippen molar-refractivity contribution in [3.8, 4) is 0 Å². The SMILES string of the molecule is CNC(C)(CCCN(C)C1CCCCC1)C(=O)O. The Bertz CT molecular complexity index is 265. The number of rotatable bonds is 7. The lowest BCUT2D eigenvalue weighted by molar-refractivity contribution is -0.144. The number of carboxylic acids is 1. The molecule has 1 fully saturated rings. The van der Waals surface area contributed by atoms with Gasteiger partial charge in [0.1, 0.15) is 5.54 Å². The number of likely N-dealkylation sites (N-methyl/N-ethyl adjacent to an activating group) is 1. The monoisotopic (exact) mass is 256 g/mol. The fourth-order valence-corrected chi connectivity index (χ4v) is 2.73. The fraction of sp³-hybridized carbons (Fsp3) is 0.929. The first-order valence-electron chi connectivity index (χ1n) is 7.12. The summed E-state index contributed by atoms with van der Waals surface area (Å²) in [6.45, 7) is 2.76. The molecule has 2 N–H and O–H groups in total. The topological polar surface area (TPSA) is 52.6 Å². The van der Waals surface area contributed by atoms with Gasteiger partial charge in [-0.25, -0.2) is 0 Å². The van der Waals surface area contributed by atoms with E-state index in [2.05, 4.69) is 17.3 Å². The number of carbonyl (C=O) groups is 1. The average Bonchev–Trinajstić information content (AvgIpc) is 2.39. The Morgan fingerprint density at radius 1 is 1.39 bits per heavy atom. The van der Waals surface area contributed by atoms with E-state index >= 15 is 0 Å². The molecule has 18 heavy (non-hydrogen) atoms. The molecular formula is C14H28N2O2. The maximum Gasteiger partial charge on any atom is 0.323 e. The Morgan fingerprint density at radius 3 is 2.50 bits per heavy atom. The Hall–Kier alpha value is -0.610. The van der Waals surface area contributed by atoms with Crippen molar-refractivity contribution in [1.29, 1.82) is 0 Å². The van der Waals surface area contributed by atoms with E-state index in [1.165, 1.54) is 32.1 Å². The third-order valence-electron chi connectivity index (χ3n) is 4.41. The van der Waals surface area contributed by atoms with Crippen molar-refractivity contribution in [2.45, 2.75) is 63.5 Å². The van der Waals surface area contributed by atoms with Gasteiger partial charge in [-0.15, -0.1) is 0 Å². The van der Waals surface area contributed by atoms with Crippen molar-refractivity contribution in [3.05, 3.63) is 0 Å². The van der Waals surface area contributed by atoms with Gasteiger partial charge in [-0.1, -0.05) is 19.3 Å². The van der Waals surface area contributed by atoms with Crippen molar-refractivity contribution in [2.75, 3.05) is 20.6 Å². The second-order valence-electron chi connectivity index (χ2n) is 5.76. The number of carboxylic acid groups (broad SMARTS) is 1. The predicted molar refractivity (Wildman–Crippen MR) is 73.8 cm³/mol. The van der Waals surface area contributed by atoms with Crippen LogP contribution in [0.5, 0.6) is 0 Å². The smallest absolute Gasteiger partial charge is 0.323 e. The van der Waals surface area contributed by atoms with Crippen LogP contribution in [0.25, 0.3) is 0 Å². The van der Waals surface area contributed by atoms with Gasteiger partial charge in [-0.2, -0.15) is 0 Å². The normalized spacial score (nSPS) is 20.9. The summed E-state index contributed by atoms with van der Waals surface area (Å²) in [7, 11) is 3.90. The van der Waals surface area contributed by atoms with Gasteiger partial charge in [0, 0.05) is 6.04 Å². The molecule has 1 saturated carbocycles. The molecule has 0 spiro atoms. The molecule has 0 saturated heterocycles. The van der Waals surface area contributed by atoms with Crippen LogP contribution in [0.15, 0.2) is 0 Å². The highest BCUT2D eigenvalue weighted by Gasteiger charge is 2.30. The van der Waals surface area contributed by atoms with Crippen molar-refractivity contribution in [3.63, 3.8) is 0 Å². The van der Waals surface area contributed by atoms with Gasteiger partial charge >= 0.3 is 5.97 Å². The number of aliphatic carboxylic acids is 1. The first kappa shape index (κ1) is 15.4. The molecule has 1 unspecified atom stereocenters. The highest BCUT2D eigenvalue weighted by molar-refractivity contribution is 5.78. The van der Waals surface area contributed by atoms with Crippen LogP contribution in [0.3, 0.4) is 0 Å². The zero-order chi connectivity index (χ0) is 13.6. The van der Waals surface area contributed by atoms with Gasteiger partial charge in [-0.05, 0) is 53.2 Å². The standard InChI is InChI=1S/C14H28N2O2/c1-14(15-2,13(17)18)10-7-11-16(3)12-8-5-4-6-9-12/h12,15H,4-11H2,1-3H3,(H,17,18). The van der Waals surface area contributed by atoms with Gasteiger partial charge in [0.15, 0.2) is 0 Å². The molecule has 4 nitrogen and oxygen atoms in total. The van der Waals surface area contributed by atoms with Crippen LogP contribution in [0.1, 0.15) is 51.9 Å². The van der Waals surface area contributed by atoms with E-state index in [1.54, 1.807) is 14.0 Å². The summed E-state index contributed by atoms with van der Waals surface area (Å²) in [4.78, 5) is 13.6. The minimum absolute atomic E-state index is 0.676. The molecule has 4 heteroatoms. The Kier molecular flexibility index (Phi) is 6.09. The molecule has 0 heterocycles. The quantitative estimate of drug-likeness (QED) is 0.732. The number of nitrogens with zero attached hydrogens (tertiary/aromatic N) is 1. The minimum atomic E-state index is -0.784.